The number of carbonyl (C=O) groups is 2. The number of anilines is 2. The smallest absolute Gasteiger partial charge is 0.357 e. The lowest BCUT2D eigenvalue weighted by atomic mass is 9.73. The Bertz CT molecular complexity index is 1130. The van der Waals surface area contributed by atoms with E-state index in [2.05, 4.69) is 5.32 Å². The van der Waals surface area contributed by atoms with Crippen molar-refractivity contribution in [1.82, 2.24) is 0 Å². The van der Waals surface area contributed by atoms with E-state index < -0.39 is 17.8 Å². The fraction of sp³-hybridized carbons (Fsp3) is 0.385. The molecule has 1 heterocycles. The summed E-state index contributed by atoms with van der Waals surface area (Å²) in [5.41, 5.74) is 1.87. The number of allylic oxidation sites excluding steroid dienone is 1. The number of fused-ring (bicyclic) bond motifs is 1. The summed E-state index contributed by atoms with van der Waals surface area (Å²) in [6.07, 6.45) is -3.59. The fourth-order valence-electron chi connectivity index (χ4n) is 4.68. The number of Topliss-reactive ketones (excluding diaryl/α,β-unsaturated/α-hetero) is 1. The van der Waals surface area contributed by atoms with Gasteiger partial charge in [0.1, 0.15) is 0 Å². The van der Waals surface area contributed by atoms with Crippen LogP contribution in [-0.2, 0) is 15.8 Å². The molecule has 1 N–H and O–H groups in total. The van der Waals surface area contributed by atoms with Crippen molar-refractivity contribution in [2.24, 2.45) is 11.3 Å². The monoisotopic (exact) mass is 456 g/mol. The predicted molar refractivity (Wildman–Crippen MR) is 122 cm³/mol. The second kappa shape index (κ2) is 8.04. The second-order valence-electron chi connectivity index (χ2n) is 9.86. The van der Waals surface area contributed by atoms with Gasteiger partial charge < -0.3 is 5.32 Å². The summed E-state index contributed by atoms with van der Waals surface area (Å²) in [6, 6.07) is 11.2. The molecule has 0 aromatic heterocycles. The Morgan fingerprint density at radius 1 is 1.06 bits per heavy atom. The zero-order chi connectivity index (χ0) is 24.1. The Balaban J connectivity index is 1.98. The van der Waals surface area contributed by atoms with Gasteiger partial charge in [0.05, 0.1) is 23.0 Å². The van der Waals surface area contributed by atoms with Gasteiger partial charge >= 0.3 is 6.18 Å². The maximum Gasteiger partial charge on any atom is 0.416 e. The van der Waals surface area contributed by atoms with Crippen molar-refractivity contribution in [3.05, 3.63) is 70.9 Å². The maximum atomic E-state index is 13.5. The minimum absolute atomic E-state index is 0.104. The van der Waals surface area contributed by atoms with Crippen molar-refractivity contribution in [2.75, 3.05) is 10.2 Å². The Kier molecular flexibility index (Phi) is 5.63. The third-order valence-corrected chi connectivity index (χ3v) is 6.19. The van der Waals surface area contributed by atoms with Crippen LogP contribution >= 0.6 is 0 Å². The van der Waals surface area contributed by atoms with Crippen LogP contribution in [-0.4, -0.2) is 11.7 Å². The quantitative estimate of drug-likeness (QED) is 0.561. The molecule has 0 bridgehead atoms. The van der Waals surface area contributed by atoms with Crippen molar-refractivity contribution >= 4 is 23.1 Å². The largest absolute Gasteiger partial charge is 0.416 e. The van der Waals surface area contributed by atoms with E-state index in [4.69, 9.17) is 0 Å². The van der Waals surface area contributed by atoms with Gasteiger partial charge in [0.15, 0.2) is 5.78 Å². The number of alkyl halides is 3. The van der Waals surface area contributed by atoms with Gasteiger partial charge in [-0.3, -0.25) is 14.5 Å². The number of rotatable bonds is 2. The molecule has 0 spiro atoms. The number of hydrogen-bond acceptors (Lipinski definition) is 3. The highest BCUT2D eigenvalue weighted by molar-refractivity contribution is 6.06. The normalized spacial score (nSPS) is 20.2. The van der Waals surface area contributed by atoms with Gasteiger partial charge in [0.25, 0.3) is 0 Å². The van der Waals surface area contributed by atoms with E-state index in [0.29, 0.717) is 41.1 Å². The van der Waals surface area contributed by atoms with Crippen LogP contribution in [0.4, 0.5) is 24.5 Å². The van der Waals surface area contributed by atoms with Gasteiger partial charge in [0.2, 0.25) is 5.91 Å². The van der Waals surface area contributed by atoms with Gasteiger partial charge in [-0.2, -0.15) is 13.2 Å². The first kappa shape index (κ1) is 23.1. The van der Waals surface area contributed by atoms with E-state index in [1.807, 2.05) is 26.0 Å². The minimum atomic E-state index is -4.47. The average molecular weight is 457 g/mol. The average Bonchev–Trinajstić information content (AvgIpc) is 2.86. The standard InChI is InChI=1S/C26H27F3N2O2/c1-15(2)24(33)31-20-8-6-5-7-18(20)30-19-13-25(3,4)14-21(32)22(19)23(31)16-9-11-17(12-10-16)26(27,28)29/h5-12,15,23,30H,13-14H2,1-4H3/t23-/m0/s1. The Labute approximate surface area is 191 Å². The molecule has 0 fully saturated rings. The fourth-order valence-corrected chi connectivity index (χ4v) is 4.68. The van der Waals surface area contributed by atoms with E-state index in [1.54, 1.807) is 30.9 Å². The van der Waals surface area contributed by atoms with Crippen LogP contribution in [0, 0.1) is 11.3 Å². The van der Waals surface area contributed by atoms with Gasteiger partial charge in [-0.25, -0.2) is 0 Å². The first-order valence-corrected chi connectivity index (χ1v) is 11.0. The first-order valence-electron chi connectivity index (χ1n) is 11.0. The molecule has 4 rings (SSSR count). The molecule has 2 aliphatic rings. The van der Waals surface area contributed by atoms with E-state index in [0.717, 1.165) is 12.1 Å². The molecule has 1 aliphatic carbocycles. The molecule has 7 heteroatoms. The van der Waals surface area contributed by atoms with Gasteiger partial charge in [-0.15, -0.1) is 0 Å². The number of nitrogens with one attached hydrogen (secondary N) is 1. The van der Waals surface area contributed by atoms with E-state index >= 15 is 0 Å². The molecule has 1 aliphatic heterocycles. The summed E-state index contributed by atoms with van der Waals surface area (Å²) in [6.45, 7) is 7.57. The van der Waals surface area contributed by atoms with Crippen molar-refractivity contribution in [3.8, 4) is 0 Å². The van der Waals surface area contributed by atoms with Crippen molar-refractivity contribution in [1.29, 1.82) is 0 Å². The number of nitrogens with zero attached hydrogens (tertiary/aromatic N) is 1. The predicted octanol–water partition coefficient (Wildman–Crippen LogP) is 6.50. The Morgan fingerprint density at radius 3 is 2.30 bits per heavy atom. The lowest BCUT2D eigenvalue weighted by molar-refractivity contribution is -0.137. The highest BCUT2D eigenvalue weighted by atomic mass is 19.4. The molecule has 174 valence electrons. The lowest BCUT2D eigenvalue weighted by Crippen LogP contribution is -2.41. The SMILES string of the molecule is CC(C)C(=O)N1c2ccccc2NC2=C(C(=O)CC(C)(C)C2)[C@@H]1c1ccc(C(F)(F)F)cc1. The van der Waals surface area contributed by atoms with Crippen molar-refractivity contribution in [2.45, 2.75) is 52.8 Å². The number of ketones is 1. The number of halogens is 3. The Hall–Kier alpha value is -3.09. The number of para-hydroxylation sites is 2. The topological polar surface area (TPSA) is 49.4 Å². The molecular weight excluding hydrogens is 429 g/mol. The van der Waals surface area contributed by atoms with Crippen LogP contribution in [0.2, 0.25) is 0 Å². The molecule has 0 radical (unpaired) electrons. The van der Waals surface area contributed by atoms with Crippen molar-refractivity contribution < 1.29 is 22.8 Å². The van der Waals surface area contributed by atoms with E-state index in [9.17, 15) is 22.8 Å². The van der Waals surface area contributed by atoms with Crippen LogP contribution in [0.25, 0.3) is 0 Å². The van der Waals surface area contributed by atoms with Crippen molar-refractivity contribution in [3.63, 3.8) is 0 Å². The number of carbonyl (C=O) groups excluding carboxylic acids is 2. The molecule has 0 saturated carbocycles. The second-order valence-corrected chi connectivity index (χ2v) is 9.86. The molecule has 2 aromatic rings. The molecule has 2 aromatic carbocycles. The molecule has 0 unspecified atom stereocenters. The summed E-state index contributed by atoms with van der Waals surface area (Å²) < 4.78 is 39.6. The summed E-state index contributed by atoms with van der Waals surface area (Å²) in [4.78, 5) is 28.6. The third-order valence-electron chi connectivity index (χ3n) is 6.19. The summed E-state index contributed by atoms with van der Waals surface area (Å²) in [5, 5.41) is 3.39. The van der Waals surface area contributed by atoms with Crippen LogP contribution in [0.15, 0.2) is 59.8 Å². The van der Waals surface area contributed by atoms with Gasteiger partial charge in [0, 0.05) is 23.6 Å². The maximum absolute atomic E-state index is 13.5. The van der Waals surface area contributed by atoms with E-state index in [1.165, 1.54) is 12.1 Å². The highest BCUT2D eigenvalue weighted by Crippen LogP contribution is 2.48. The molecular formula is C26H27F3N2O2. The number of amides is 1. The number of benzene rings is 2. The third kappa shape index (κ3) is 4.28. The summed E-state index contributed by atoms with van der Waals surface area (Å²) in [7, 11) is 0. The summed E-state index contributed by atoms with van der Waals surface area (Å²) >= 11 is 0. The van der Waals surface area contributed by atoms with Gasteiger partial charge in [-0.1, -0.05) is 52.0 Å². The highest BCUT2D eigenvalue weighted by Gasteiger charge is 2.43. The zero-order valence-electron chi connectivity index (χ0n) is 19.1. The van der Waals surface area contributed by atoms with Crippen LogP contribution in [0.3, 0.4) is 0 Å². The molecule has 33 heavy (non-hydrogen) atoms. The van der Waals surface area contributed by atoms with Crippen LogP contribution in [0.5, 0.6) is 0 Å². The Morgan fingerprint density at radius 2 is 1.70 bits per heavy atom. The van der Waals surface area contributed by atoms with Gasteiger partial charge in [-0.05, 0) is 41.7 Å². The van der Waals surface area contributed by atoms with Crippen LogP contribution < -0.4 is 10.2 Å². The minimum Gasteiger partial charge on any atom is -0.357 e. The van der Waals surface area contributed by atoms with E-state index in [-0.39, 0.29) is 23.0 Å². The zero-order valence-corrected chi connectivity index (χ0v) is 19.1. The van der Waals surface area contributed by atoms with Crippen LogP contribution in [0.1, 0.15) is 57.7 Å². The summed E-state index contributed by atoms with van der Waals surface area (Å²) in [5.74, 6) is -0.694. The molecule has 1 amide bonds. The molecule has 4 nitrogen and oxygen atoms in total. The molecule has 1 atom stereocenters. The lowest BCUT2D eigenvalue weighted by Gasteiger charge is -2.37. The first-order chi connectivity index (χ1) is 15.4. The number of hydrogen-bond donors (Lipinski definition) is 1. The molecule has 0 saturated heterocycles.